The molecule has 0 aliphatic carbocycles. The van der Waals surface area contributed by atoms with Crippen LogP contribution in [0.1, 0.15) is 12.8 Å². The lowest BCUT2D eigenvalue weighted by atomic mass is 10.2. The van der Waals surface area contributed by atoms with Crippen molar-refractivity contribution in [2.75, 3.05) is 34.2 Å². The van der Waals surface area contributed by atoms with Crippen LogP contribution >= 0.6 is 0 Å². The van der Waals surface area contributed by atoms with Gasteiger partial charge in [0.1, 0.15) is 6.04 Å². The Morgan fingerprint density at radius 2 is 1.81 bits per heavy atom. The van der Waals surface area contributed by atoms with E-state index >= 15 is 0 Å². The molecule has 1 amide bonds. The Bertz CT molecular complexity index is 243. The summed E-state index contributed by atoms with van der Waals surface area (Å²) in [5.41, 5.74) is 5.28. The Morgan fingerprint density at radius 1 is 1.25 bits per heavy atom. The highest BCUT2D eigenvalue weighted by molar-refractivity contribution is 5.84. The summed E-state index contributed by atoms with van der Waals surface area (Å²) in [6, 6.07) is -1.11. The van der Waals surface area contributed by atoms with Crippen molar-refractivity contribution in [1.29, 1.82) is 0 Å². The summed E-state index contributed by atoms with van der Waals surface area (Å²) in [6.07, 6.45) is 0.714. The zero-order valence-corrected chi connectivity index (χ0v) is 10.1. The maximum absolute atomic E-state index is 11.5. The van der Waals surface area contributed by atoms with Crippen molar-refractivity contribution in [3.8, 4) is 0 Å². The van der Waals surface area contributed by atoms with Gasteiger partial charge in [0.2, 0.25) is 5.91 Å². The number of nitrogens with zero attached hydrogens (tertiary/aromatic N) is 2. The molecule has 0 fully saturated rings. The van der Waals surface area contributed by atoms with Crippen molar-refractivity contribution in [1.82, 2.24) is 9.80 Å². The van der Waals surface area contributed by atoms with Crippen LogP contribution < -0.4 is 5.73 Å². The number of rotatable bonds is 7. The van der Waals surface area contributed by atoms with Gasteiger partial charge in [-0.05, 0) is 27.1 Å². The molecule has 0 bridgehead atoms. The van der Waals surface area contributed by atoms with E-state index in [2.05, 4.69) is 0 Å². The van der Waals surface area contributed by atoms with Crippen LogP contribution in [0.15, 0.2) is 0 Å². The number of hydrogen-bond donors (Lipinski definition) is 2. The molecular weight excluding hydrogens is 210 g/mol. The minimum atomic E-state index is -1.14. The maximum Gasteiger partial charge on any atom is 0.321 e. The van der Waals surface area contributed by atoms with E-state index in [9.17, 15) is 9.59 Å². The number of nitrogens with two attached hydrogens (primary N) is 1. The minimum absolute atomic E-state index is 0.145. The summed E-state index contributed by atoms with van der Waals surface area (Å²) in [7, 11) is 5.58. The number of hydrogen-bond acceptors (Lipinski definition) is 4. The van der Waals surface area contributed by atoms with Gasteiger partial charge in [0.25, 0.3) is 0 Å². The summed E-state index contributed by atoms with van der Waals surface area (Å²) >= 11 is 0. The Labute approximate surface area is 96.0 Å². The molecule has 3 N–H and O–H groups in total. The molecule has 0 saturated heterocycles. The molecule has 0 aromatic rings. The van der Waals surface area contributed by atoms with Crippen LogP contribution in [0.3, 0.4) is 0 Å². The Kier molecular flexibility index (Phi) is 6.67. The first kappa shape index (κ1) is 14.9. The lowest BCUT2D eigenvalue weighted by Gasteiger charge is -2.19. The number of aliphatic carboxylic acids is 1. The average Bonchev–Trinajstić information content (AvgIpc) is 2.16. The monoisotopic (exact) mass is 231 g/mol. The predicted octanol–water partition coefficient (Wildman–Crippen LogP) is -0.801. The van der Waals surface area contributed by atoms with Gasteiger partial charge in [0.05, 0.1) is 6.42 Å². The summed E-state index contributed by atoms with van der Waals surface area (Å²) in [4.78, 5) is 25.5. The quantitative estimate of drug-likeness (QED) is 0.599. The molecule has 94 valence electrons. The van der Waals surface area contributed by atoms with Crippen LogP contribution in [0, 0.1) is 0 Å². The molecule has 0 spiro atoms. The van der Waals surface area contributed by atoms with Gasteiger partial charge in [-0.25, -0.2) is 0 Å². The van der Waals surface area contributed by atoms with Gasteiger partial charge >= 0.3 is 5.97 Å². The molecule has 6 nitrogen and oxygen atoms in total. The Balaban J connectivity index is 3.86. The molecule has 0 aliphatic heterocycles. The number of carbonyl (C=O) groups is 2. The van der Waals surface area contributed by atoms with E-state index in [-0.39, 0.29) is 12.3 Å². The molecule has 0 unspecified atom stereocenters. The van der Waals surface area contributed by atoms with Gasteiger partial charge in [-0.1, -0.05) is 0 Å². The van der Waals surface area contributed by atoms with Crippen molar-refractivity contribution in [2.24, 2.45) is 5.73 Å². The van der Waals surface area contributed by atoms with Gasteiger partial charge in [0.15, 0.2) is 0 Å². The van der Waals surface area contributed by atoms with Crippen LogP contribution in [0.5, 0.6) is 0 Å². The third kappa shape index (κ3) is 6.36. The van der Waals surface area contributed by atoms with Crippen LogP contribution in [-0.4, -0.2) is 67.1 Å². The maximum atomic E-state index is 11.5. The first-order valence-electron chi connectivity index (χ1n) is 5.21. The standard InChI is InChI=1S/C10H21N3O3/c1-12(2)5-4-6-13(3)9(14)7-8(11)10(15)16/h8H,4-7,11H2,1-3H3,(H,15,16)/t8-/m0/s1. The smallest absolute Gasteiger partial charge is 0.321 e. The highest BCUT2D eigenvalue weighted by atomic mass is 16.4. The highest BCUT2D eigenvalue weighted by Crippen LogP contribution is 1.97. The molecule has 0 saturated carbocycles. The van der Waals surface area contributed by atoms with E-state index < -0.39 is 12.0 Å². The van der Waals surface area contributed by atoms with Crippen LogP contribution in [0.2, 0.25) is 0 Å². The average molecular weight is 231 g/mol. The van der Waals surface area contributed by atoms with Crippen molar-refractivity contribution in [3.05, 3.63) is 0 Å². The second kappa shape index (κ2) is 7.19. The number of carboxylic acids is 1. The fraction of sp³-hybridized carbons (Fsp3) is 0.800. The zero-order chi connectivity index (χ0) is 12.7. The molecule has 0 aromatic heterocycles. The molecule has 1 atom stereocenters. The summed E-state index contributed by atoms with van der Waals surface area (Å²) in [6.45, 7) is 1.51. The van der Waals surface area contributed by atoms with Crippen LogP contribution in [0.25, 0.3) is 0 Å². The molecule has 0 radical (unpaired) electrons. The number of carboxylic acid groups (broad SMARTS) is 1. The fourth-order valence-corrected chi connectivity index (χ4v) is 1.18. The summed E-state index contributed by atoms with van der Waals surface area (Å²) in [5.74, 6) is -1.37. The SMILES string of the molecule is CN(C)CCCN(C)C(=O)C[C@H](N)C(=O)O. The van der Waals surface area contributed by atoms with E-state index in [4.69, 9.17) is 10.8 Å². The first-order chi connectivity index (χ1) is 7.34. The number of carbonyl (C=O) groups excluding carboxylic acids is 1. The third-order valence-corrected chi connectivity index (χ3v) is 2.24. The predicted molar refractivity (Wildman–Crippen MR) is 61.0 cm³/mol. The fourth-order valence-electron chi connectivity index (χ4n) is 1.18. The van der Waals surface area contributed by atoms with Gasteiger partial charge in [0, 0.05) is 13.6 Å². The molecular formula is C10H21N3O3. The van der Waals surface area contributed by atoms with Gasteiger partial charge in [-0.3, -0.25) is 9.59 Å². The largest absolute Gasteiger partial charge is 0.480 e. The molecule has 6 heteroatoms. The van der Waals surface area contributed by atoms with Gasteiger partial charge in [-0.2, -0.15) is 0 Å². The highest BCUT2D eigenvalue weighted by Gasteiger charge is 2.18. The van der Waals surface area contributed by atoms with Crippen LogP contribution in [0.4, 0.5) is 0 Å². The second-order valence-corrected chi connectivity index (χ2v) is 4.12. The second-order valence-electron chi connectivity index (χ2n) is 4.12. The first-order valence-corrected chi connectivity index (χ1v) is 5.21. The van der Waals surface area contributed by atoms with E-state index in [0.717, 1.165) is 13.0 Å². The molecule has 16 heavy (non-hydrogen) atoms. The van der Waals surface area contributed by atoms with Gasteiger partial charge in [-0.15, -0.1) is 0 Å². The van der Waals surface area contributed by atoms with Crippen LogP contribution in [-0.2, 0) is 9.59 Å². The number of amides is 1. The minimum Gasteiger partial charge on any atom is -0.480 e. The molecule has 0 aromatic carbocycles. The lowest BCUT2D eigenvalue weighted by molar-refractivity contribution is -0.142. The van der Waals surface area contributed by atoms with Crippen molar-refractivity contribution < 1.29 is 14.7 Å². The van der Waals surface area contributed by atoms with E-state index in [1.54, 1.807) is 7.05 Å². The topological polar surface area (TPSA) is 86.9 Å². The van der Waals surface area contributed by atoms with E-state index in [0.29, 0.717) is 6.54 Å². The Hall–Kier alpha value is -1.14. The van der Waals surface area contributed by atoms with E-state index in [1.807, 2.05) is 19.0 Å². The normalized spacial score (nSPS) is 12.6. The lowest BCUT2D eigenvalue weighted by Crippen LogP contribution is -2.38. The Morgan fingerprint density at radius 3 is 2.25 bits per heavy atom. The molecule has 0 aliphatic rings. The third-order valence-electron chi connectivity index (χ3n) is 2.24. The summed E-state index contributed by atoms with van der Waals surface area (Å²) in [5, 5.41) is 8.56. The summed E-state index contributed by atoms with van der Waals surface area (Å²) < 4.78 is 0. The van der Waals surface area contributed by atoms with E-state index in [1.165, 1.54) is 4.90 Å². The zero-order valence-electron chi connectivity index (χ0n) is 10.1. The molecule has 0 rings (SSSR count). The van der Waals surface area contributed by atoms with Crippen molar-refractivity contribution in [2.45, 2.75) is 18.9 Å². The van der Waals surface area contributed by atoms with Crippen molar-refractivity contribution in [3.63, 3.8) is 0 Å². The van der Waals surface area contributed by atoms with Gasteiger partial charge < -0.3 is 20.6 Å². The molecule has 0 heterocycles. The van der Waals surface area contributed by atoms with Crippen molar-refractivity contribution >= 4 is 11.9 Å².